The van der Waals surface area contributed by atoms with E-state index < -0.39 is 0 Å². The van der Waals surface area contributed by atoms with E-state index in [1.807, 2.05) is 29.5 Å². The first kappa shape index (κ1) is 23.1. The molecule has 4 aromatic heterocycles. The molecular formula is C38H21N3OS. The number of aromatic nitrogens is 3. The number of rotatable bonds is 2. The molecule has 0 saturated carbocycles. The number of fused-ring (bicyclic) bond motifs is 11. The smallest absolute Gasteiger partial charge is 0.238 e. The molecular weight excluding hydrogens is 547 g/mol. The maximum absolute atomic E-state index is 6.45. The molecule has 0 aliphatic heterocycles. The molecule has 6 aromatic carbocycles. The first-order chi connectivity index (χ1) is 21.3. The summed E-state index contributed by atoms with van der Waals surface area (Å²) in [5, 5.41) is 9.16. The first-order valence-electron chi connectivity index (χ1n) is 14.3. The molecule has 0 radical (unpaired) electrons. The lowest BCUT2D eigenvalue weighted by atomic mass is 10.0. The van der Waals surface area contributed by atoms with E-state index in [1.54, 1.807) is 0 Å². The molecule has 0 unspecified atom stereocenters. The number of thiophene rings is 1. The van der Waals surface area contributed by atoms with Crippen molar-refractivity contribution in [3.8, 4) is 17.2 Å². The summed E-state index contributed by atoms with van der Waals surface area (Å²) in [5.41, 5.74) is 5.48. The summed E-state index contributed by atoms with van der Waals surface area (Å²) in [7, 11) is 0. The van der Waals surface area contributed by atoms with E-state index in [2.05, 4.69) is 114 Å². The fourth-order valence-corrected chi connectivity index (χ4v) is 7.84. The van der Waals surface area contributed by atoms with Gasteiger partial charge in [0.25, 0.3) is 0 Å². The molecule has 0 aliphatic rings. The summed E-state index contributed by atoms with van der Waals surface area (Å²) in [4.78, 5) is 10.6. The Morgan fingerprint density at radius 1 is 0.558 bits per heavy atom. The van der Waals surface area contributed by atoms with Crippen LogP contribution in [0.25, 0.3) is 92.0 Å². The summed E-state index contributed by atoms with van der Waals surface area (Å²) < 4.78 is 11.2. The van der Waals surface area contributed by atoms with Crippen molar-refractivity contribution in [3.05, 3.63) is 127 Å². The van der Waals surface area contributed by atoms with E-state index in [1.165, 1.54) is 41.7 Å². The Morgan fingerprint density at radius 3 is 2.26 bits per heavy atom. The van der Waals surface area contributed by atoms with Crippen LogP contribution in [0.1, 0.15) is 0 Å². The summed E-state index contributed by atoms with van der Waals surface area (Å²) in [6, 6.07) is 44.8. The Bertz CT molecular complexity index is 2750. The van der Waals surface area contributed by atoms with Gasteiger partial charge in [-0.15, -0.1) is 11.3 Å². The highest BCUT2D eigenvalue weighted by atomic mass is 32.1. The molecule has 0 amide bonds. The summed E-state index contributed by atoms with van der Waals surface area (Å²) >= 11 is 1.82. The number of benzene rings is 6. The molecule has 4 heterocycles. The molecule has 10 rings (SSSR count). The van der Waals surface area contributed by atoms with E-state index in [-0.39, 0.29) is 0 Å². The van der Waals surface area contributed by atoms with Crippen molar-refractivity contribution in [1.29, 1.82) is 0 Å². The monoisotopic (exact) mass is 567 g/mol. The highest BCUT2D eigenvalue weighted by Crippen LogP contribution is 2.43. The molecule has 0 bridgehead atoms. The quantitative estimate of drug-likeness (QED) is 0.209. The van der Waals surface area contributed by atoms with E-state index >= 15 is 0 Å². The molecule has 5 heteroatoms. The van der Waals surface area contributed by atoms with Gasteiger partial charge in [-0.1, -0.05) is 97.1 Å². The lowest BCUT2D eigenvalue weighted by Gasteiger charge is -2.11. The molecule has 0 spiro atoms. The van der Waals surface area contributed by atoms with Crippen LogP contribution in [0, 0.1) is 0 Å². The van der Waals surface area contributed by atoms with E-state index in [0.717, 1.165) is 38.6 Å². The number of para-hydroxylation sites is 2. The van der Waals surface area contributed by atoms with E-state index in [4.69, 9.17) is 14.4 Å². The molecule has 10 aromatic rings. The van der Waals surface area contributed by atoms with Gasteiger partial charge in [0.1, 0.15) is 5.58 Å². The van der Waals surface area contributed by atoms with Gasteiger partial charge in [0, 0.05) is 41.9 Å². The van der Waals surface area contributed by atoms with Crippen molar-refractivity contribution in [2.24, 2.45) is 0 Å². The van der Waals surface area contributed by atoms with Crippen LogP contribution >= 0.6 is 11.3 Å². The minimum Gasteiger partial charge on any atom is -0.437 e. The molecule has 0 N–H and O–H groups in total. The largest absolute Gasteiger partial charge is 0.437 e. The highest BCUT2D eigenvalue weighted by molar-refractivity contribution is 7.26. The van der Waals surface area contributed by atoms with Crippen molar-refractivity contribution in [2.45, 2.75) is 0 Å². The van der Waals surface area contributed by atoms with Gasteiger partial charge in [-0.2, -0.15) is 4.98 Å². The van der Waals surface area contributed by atoms with Crippen LogP contribution in [-0.2, 0) is 0 Å². The predicted octanol–water partition coefficient (Wildman–Crippen LogP) is 10.7. The Morgan fingerprint density at radius 2 is 1.33 bits per heavy atom. The van der Waals surface area contributed by atoms with E-state index in [0.29, 0.717) is 11.7 Å². The fourth-order valence-electron chi connectivity index (χ4n) is 6.73. The van der Waals surface area contributed by atoms with Crippen molar-refractivity contribution < 1.29 is 4.42 Å². The average molecular weight is 568 g/mol. The van der Waals surface area contributed by atoms with Gasteiger partial charge in [-0.05, 0) is 41.1 Å². The van der Waals surface area contributed by atoms with Crippen molar-refractivity contribution in [2.75, 3.05) is 0 Å². The lowest BCUT2D eigenvalue weighted by Crippen LogP contribution is -2.03. The van der Waals surface area contributed by atoms with Crippen molar-refractivity contribution >= 4 is 86.2 Å². The zero-order valence-corrected chi connectivity index (χ0v) is 23.6. The minimum absolute atomic E-state index is 0.586. The summed E-state index contributed by atoms with van der Waals surface area (Å²) in [6.07, 6.45) is 0. The molecule has 200 valence electrons. The van der Waals surface area contributed by atoms with Crippen LogP contribution in [0.15, 0.2) is 132 Å². The number of furan rings is 1. The van der Waals surface area contributed by atoms with Gasteiger partial charge in [-0.25, -0.2) is 4.98 Å². The van der Waals surface area contributed by atoms with Crippen molar-refractivity contribution in [1.82, 2.24) is 14.5 Å². The SMILES string of the molecule is c1ccc2cc(-c3nc(-n4c5ccccc5c5ccc6sc7ccccc7c6c54)nc4oc5ccccc5c34)ccc2c1. The van der Waals surface area contributed by atoms with Crippen LogP contribution in [0.5, 0.6) is 0 Å². The van der Waals surface area contributed by atoms with Crippen LogP contribution < -0.4 is 0 Å². The van der Waals surface area contributed by atoms with Crippen LogP contribution in [0.4, 0.5) is 0 Å². The first-order valence-corrected chi connectivity index (χ1v) is 15.2. The molecule has 43 heavy (non-hydrogen) atoms. The predicted molar refractivity (Wildman–Crippen MR) is 179 cm³/mol. The number of nitrogens with zero attached hydrogens (tertiary/aromatic N) is 3. The van der Waals surface area contributed by atoms with Crippen molar-refractivity contribution in [3.63, 3.8) is 0 Å². The third-order valence-corrected chi connectivity index (χ3v) is 9.76. The molecule has 0 aliphatic carbocycles. The Kier molecular flexibility index (Phi) is 4.57. The molecule has 0 atom stereocenters. The maximum Gasteiger partial charge on any atom is 0.238 e. The van der Waals surface area contributed by atoms with Gasteiger partial charge in [0.15, 0.2) is 0 Å². The zero-order chi connectivity index (χ0) is 28.1. The van der Waals surface area contributed by atoms with Gasteiger partial charge in [0.2, 0.25) is 11.7 Å². The topological polar surface area (TPSA) is 43.9 Å². The number of hydrogen-bond acceptors (Lipinski definition) is 4. The zero-order valence-electron chi connectivity index (χ0n) is 22.8. The lowest BCUT2D eigenvalue weighted by molar-refractivity contribution is 0.651. The van der Waals surface area contributed by atoms with E-state index in [9.17, 15) is 0 Å². The Balaban J connectivity index is 1.39. The number of hydrogen-bond donors (Lipinski definition) is 0. The average Bonchev–Trinajstić information content (AvgIpc) is 3.73. The molecule has 0 fully saturated rings. The van der Waals surface area contributed by atoms with Gasteiger partial charge in [0.05, 0.1) is 22.1 Å². The van der Waals surface area contributed by atoms with Crippen LogP contribution in [0.3, 0.4) is 0 Å². The highest BCUT2D eigenvalue weighted by Gasteiger charge is 2.23. The minimum atomic E-state index is 0.586. The Labute approximate surface area is 249 Å². The standard InChI is InChI=1S/C38H21N3OS/c1-2-10-23-21-24(18-17-22(23)9-1)35-34-27-12-4-7-15-30(27)42-37(34)40-38(39-35)41-29-14-6-3-11-25(29)26-19-20-32-33(36(26)41)28-13-5-8-16-31(28)43-32/h1-21H. The second kappa shape index (κ2) is 8.51. The molecule has 4 nitrogen and oxygen atoms in total. The van der Waals surface area contributed by atoms with Crippen LogP contribution in [0.2, 0.25) is 0 Å². The Hall–Kier alpha value is -5.52. The third-order valence-electron chi connectivity index (χ3n) is 8.62. The maximum atomic E-state index is 6.45. The second-order valence-corrected chi connectivity index (χ2v) is 12.1. The summed E-state index contributed by atoms with van der Waals surface area (Å²) in [6.45, 7) is 0. The summed E-state index contributed by atoms with van der Waals surface area (Å²) in [5.74, 6) is 0.601. The van der Waals surface area contributed by atoms with Gasteiger partial charge < -0.3 is 4.42 Å². The third kappa shape index (κ3) is 3.20. The second-order valence-electron chi connectivity index (χ2n) is 11.0. The van der Waals surface area contributed by atoms with Gasteiger partial charge >= 0.3 is 0 Å². The molecule has 0 saturated heterocycles. The normalized spacial score (nSPS) is 12.2. The fraction of sp³-hybridized carbons (Fsp3) is 0. The van der Waals surface area contributed by atoms with Gasteiger partial charge in [-0.3, -0.25) is 4.57 Å². The van der Waals surface area contributed by atoms with Crippen LogP contribution in [-0.4, -0.2) is 14.5 Å².